The van der Waals surface area contributed by atoms with Crippen molar-refractivity contribution >= 4 is 5.91 Å². The van der Waals surface area contributed by atoms with Gasteiger partial charge in [0.15, 0.2) is 5.76 Å². The number of nitrogens with one attached hydrogen (secondary N) is 1. The standard InChI is InChI=1S/C13H22N2O4/c1-9-10(7-11(19-9)12(16)15-14)8-17-5-6-18-13(2,3)4/h7H,5-6,8,14H2,1-4H3,(H,15,16). The molecule has 0 saturated heterocycles. The number of amides is 1. The van der Waals surface area contributed by atoms with Gasteiger partial charge in [-0.2, -0.15) is 0 Å². The molecule has 0 fully saturated rings. The molecule has 0 aromatic carbocycles. The lowest BCUT2D eigenvalue weighted by atomic mass is 10.2. The van der Waals surface area contributed by atoms with E-state index in [4.69, 9.17) is 19.7 Å². The SMILES string of the molecule is Cc1oc(C(=O)NN)cc1COCCOC(C)(C)C. The number of nitrogens with two attached hydrogens (primary N) is 1. The van der Waals surface area contributed by atoms with E-state index in [9.17, 15) is 4.79 Å². The van der Waals surface area contributed by atoms with Crippen molar-refractivity contribution in [2.45, 2.75) is 39.9 Å². The van der Waals surface area contributed by atoms with Crippen molar-refractivity contribution in [2.24, 2.45) is 5.84 Å². The first-order valence-electron chi connectivity index (χ1n) is 6.15. The average molecular weight is 270 g/mol. The van der Waals surface area contributed by atoms with Crippen LogP contribution in [0.25, 0.3) is 0 Å². The van der Waals surface area contributed by atoms with Crippen LogP contribution in [0.1, 0.15) is 42.6 Å². The summed E-state index contributed by atoms with van der Waals surface area (Å²) in [5.41, 5.74) is 2.68. The van der Waals surface area contributed by atoms with E-state index >= 15 is 0 Å². The molecule has 1 rings (SSSR count). The molecule has 108 valence electrons. The Morgan fingerprint density at radius 3 is 2.68 bits per heavy atom. The zero-order valence-corrected chi connectivity index (χ0v) is 11.9. The van der Waals surface area contributed by atoms with Crippen LogP contribution in [0.2, 0.25) is 0 Å². The second-order valence-corrected chi connectivity index (χ2v) is 5.18. The van der Waals surface area contributed by atoms with Gasteiger partial charge in [-0.1, -0.05) is 0 Å². The zero-order valence-electron chi connectivity index (χ0n) is 11.9. The molecule has 6 heteroatoms. The van der Waals surface area contributed by atoms with Crippen LogP contribution >= 0.6 is 0 Å². The third kappa shape index (κ3) is 5.42. The number of carbonyl (C=O) groups is 1. The van der Waals surface area contributed by atoms with Crippen molar-refractivity contribution in [1.82, 2.24) is 5.43 Å². The summed E-state index contributed by atoms with van der Waals surface area (Å²) in [6, 6.07) is 1.63. The monoisotopic (exact) mass is 270 g/mol. The fourth-order valence-corrected chi connectivity index (χ4v) is 1.44. The number of ether oxygens (including phenoxy) is 2. The molecule has 1 amide bonds. The third-order valence-corrected chi connectivity index (χ3v) is 2.40. The molecule has 0 spiro atoms. The number of aryl methyl sites for hydroxylation is 1. The number of hydrogen-bond donors (Lipinski definition) is 2. The fourth-order valence-electron chi connectivity index (χ4n) is 1.44. The van der Waals surface area contributed by atoms with Gasteiger partial charge >= 0.3 is 5.91 Å². The summed E-state index contributed by atoms with van der Waals surface area (Å²) in [5.74, 6) is 5.42. The smallest absolute Gasteiger partial charge is 0.300 e. The first kappa shape index (κ1) is 15.7. The number of furan rings is 1. The van der Waals surface area contributed by atoms with E-state index in [2.05, 4.69) is 0 Å². The first-order valence-corrected chi connectivity index (χ1v) is 6.15. The maximum absolute atomic E-state index is 11.3. The highest BCUT2D eigenvalue weighted by Gasteiger charge is 2.13. The molecule has 1 aromatic rings. The Morgan fingerprint density at radius 1 is 1.42 bits per heavy atom. The zero-order chi connectivity index (χ0) is 14.5. The molecule has 1 aromatic heterocycles. The number of nitrogen functional groups attached to an aromatic ring is 1. The minimum Gasteiger partial charge on any atom is -0.456 e. The molecule has 0 aliphatic rings. The van der Waals surface area contributed by atoms with Crippen LogP contribution in [0.4, 0.5) is 0 Å². The van der Waals surface area contributed by atoms with Crippen molar-refractivity contribution in [3.63, 3.8) is 0 Å². The van der Waals surface area contributed by atoms with Gasteiger partial charge in [0.05, 0.1) is 25.4 Å². The highest BCUT2D eigenvalue weighted by Crippen LogP contribution is 2.15. The van der Waals surface area contributed by atoms with Gasteiger partial charge in [0.2, 0.25) is 0 Å². The molecule has 0 atom stereocenters. The summed E-state index contributed by atoms with van der Waals surface area (Å²) in [6.07, 6.45) is 0. The molecular weight excluding hydrogens is 248 g/mol. The Balaban J connectivity index is 2.37. The van der Waals surface area contributed by atoms with Gasteiger partial charge in [-0.05, 0) is 33.8 Å². The summed E-state index contributed by atoms with van der Waals surface area (Å²) >= 11 is 0. The Hall–Kier alpha value is -1.37. The van der Waals surface area contributed by atoms with E-state index in [-0.39, 0.29) is 11.4 Å². The predicted octanol–water partition coefficient (Wildman–Crippen LogP) is 1.52. The molecule has 1 heterocycles. The van der Waals surface area contributed by atoms with Crippen LogP contribution in [-0.2, 0) is 16.1 Å². The topological polar surface area (TPSA) is 86.7 Å². The molecule has 6 nitrogen and oxygen atoms in total. The predicted molar refractivity (Wildman–Crippen MR) is 70.5 cm³/mol. The maximum atomic E-state index is 11.3. The Labute approximate surface area is 113 Å². The van der Waals surface area contributed by atoms with E-state index in [1.165, 1.54) is 0 Å². The molecule has 0 unspecified atom stereocenters. The van der Waals surface area contributed by atoms with E-state index in [1.807, 2.05) is 26.2 Å². The Bertz CT molecular complexity index is 421. The molecule has 0 saturated carbocycles. The normalized spacial score (nSPS) is 11.6. The van der Waals surface area contributed by atoms with Gasteiger partial charge < -0.3 is 13.9 Å². The van der Waals surface area contributed by atoms with Gasteiger partial charge in [0.25, 0.3) is 0 Å². The minimum absolute atomic E-state index is 0.165. The van der Waals surface area contributed by atoms with Crippen LogP contribution < -0.4 is 11.3 Å². The van der Waals surface area contributed by atoms with E-state index in [0.29, 0.717) is 25.6 Å². The second-order valence-electron chi connectivity index (χ2n) is 5.18. The van der Waals surface area contributed by atoms with Crippen LogP contribution in [0.3, 0.4) is 0 Å². The summed E-state index contributed by atoms with van der Waals surface area (Å²) in [4.78, 5) is 11.3. The maximum Gasteiger partial charge on any atom is 0.300 e. The number of hydrogen-bond acceptors (Lipinski definition) is 5. The summed E-state index contributed by atoms with van der Waals surface area (Å²) in [5, 5.41) is 0. The summed E-state index contributed by atoms with van der Waals surface area (Å²) in [6.45, 7) is 9.13. The first-order chi connectivity index (χ1) is 8.83. The summed E-state index contributed by atoms with van der Waals surface area (Å²) in [7, 11) is 0. The third-order valence-electron chi connectivity index (χ3n) is 2.40. The Kier molecular flexibility index (Phi) is 5.53. The molecule has 0 bridgehead atoms. The van der Waals surface area contributed by atoms with Crippen molar-refractivity contribution in [3.05, 3.63) is 23.2 Å². The highest BCUT2D eigenvalue weighted by molar-refractivity contribution is 5.91. The fraction of sp³-hybridized carbons (Fsp3) is 0.615. The lowest BCUT2D eigenvalue weighted by Gasteiger charge is -2.19. The lowest BCUT2D eigenvalue weighted by Crippen LogP contribution is -2.29. The van der Waals surface area contributed by atoms with Gasteiger partial charge in [0, 0.05) is 5.56 Å². The van der Waals surface area contributed by atoms with Crippen LogP contribution in [0.15, 0.2) is 10.5 Å². The van der Waals surface area contributed by atoms with Crippen LogP contribution in [-0.4, -0.2) is 24.7 Å². The van der Waals surface area contributed by atoms with Crippen molar-refractivity contribution < 1.29 is 18.7 Å². The van der Waals surface area contributed by atoms with E-state index in [1.54, 1.807) is 13.0 Å². The van der Waals surface area contributed by atoms with Crippen molar-refractivity contribution in [1.29, 1.82) is 0 Å². The molecular formula is C13H22N2O4. The van der Waals surface area contributed by atoms with Crippen molar-refractivity contribution in [3.8, 4) is 0 Å². The number of rotatable bonds is 6. The lowest BCUT2D eigenvalue weighted by molar-refractivity contribution is -0.0378. The van der Waals surface area contributed by atoms with Gasteiger partial charge in [-0.25, -0.2) is 5.84 Å². The van der Waals surface area contributed by atoms with Crippen molar-refractivity contribution in [2.75, 3.05) is 13.2 Å². The number of hydrazine groups is 1. The second kappa shape index (κ2) is 6.70. The van der Waals surface area contributed by atoms with Crippen LogP contribution in [0, 0.1) is 6.92 Å². The quantitative estimate of drug-likeness (QED) is 0.354. The minimum atomic E-state index is -0.453. The van der Waals surface area contributed by atoms with E-state index in [0.717, 1.165) is 5.56 Å². The molecule has 0 radical (unpaired) electrons. The molecule has 0 aliphatic heterocycles. The van der Waals surface area contributed by atoms with Crippen LogP contribution in [0.5, 0.6) is 0 Å². The number of carbonyl (C=O) groups excluding carboxylic acids is 1. The average Bonchev–Trinajstić information content (AvgIpc) is 2.68. The van der Waals surface area contributed by atoms with E-state index < -0.39 is 5.91 Å². The highest BCUT2D eigenvalue weighted by atomic mass is 16.5. The Morgan fingerprint density at radius 2 is 2.11 bits per heavy atom. The molecule has 0 aliphatic carbocycles. The van der Waals surface area contributed by atoms with Gasteiger partial charge in [-0.15, -0.1) is 0 Å². The van der Waals surface area contributed by atoms with Gasteiger partial charge in [0.1, 0.15) is 5.76 Å². The summed E-state index contributed by atoms with van der Waals surface area (Å²) < 4.78 is 16.3. The molecule has 19 heavy (non-hydrogen) atoms. The van der Waals surface area contributed by atoms with Gasteiger partial charge in [-0.3, -0.25) is 10.2 Å². The molecule has 3 N–H and O–H groups in total. The largest absolute Gasteiger partial charge is 0.456 e.